The van der Waals surface area contributed by atoms with Crippen LogP contribution in [0.4, 0.5) is 0 Å². The second-order valence-electron chi connectivity index (χ2n) is 6.19. The third-order valence-electron chi connectivity index (χ3n) is 4.61. The van der Waals surface area contributed by atoms with Gasteiger partial charge in [-0.05, 0) is 32.0 Å². The Morgan fingerprint density at radius 1 is 1.36 bits per heavy atom. The Hall–Kier alpha value is -2.28. The Morgan fingerprint density at radius 2 is 2.16 bits per heavy atom. The summed E-state index contributed by atoms with van der Waals surface area (Å²) in [5.41, 5.74) is 2.03. The molecule has 25 heavy (non-hydrogen) atoms. The Balaban J connectivity index is 1.89. The summed E-state index contributed by atoms with van der Waals surface area (Å²) in [5.74, 6) is 1.24. The number of likely N-dealkylation sites (N-methyl/N-ethyl adjacent to an activating group) is 1. The molecule has 0 unspecified atom stereocenters. The summed E-state index contributed by atoms with van der Waals surface area (Å²) in [6.45, 7) is 2.97. The van der Waals surface area contributed by atoms with E-state index in [2.05, 4.69) is 4.90 Å². The third kappa shape index (κ3) is 3.42. The summed E-state index contributed by atoms with van der Waals surface area (Å²) in [6, 6.07) is 1.80. The Morgan fingerprint density at radius 3 is 2.88 bits per heavy atom. The van der Waals surface area contributed by atoms with E-state index in [9.17, 15) is 9.59 Å². The highest BCUT2D eigenvalue weighted by atomic mass is 16.7. The molecule has 0 amide bonds. The normalized spacial score (nSPS) is 18.6. The molecule has 136 valence electrons. The second kappa shape index (κ2) is 7.31. The van der Waals surface area contributed by atoms with E-state index in [0.717, 1.165) is 24.1 Å². The number of methoxy groups -OCH3 is 1. The first-order valence-electron chi connectivity index (χ1n) is 8.42. The molecule has 3 rings (SSSR count). The van der Waals surface area contributed by atoms with Gasteiger partial charge in [-0.2, -0.15) is 0 Å². The van der Waals surface area contributed by atoms with E-state index in [0.29, 0.717) is 17.2 Å². The number of ether oxygens (including phenoxy) is 4. The molecule has 7 heteroatoms. The van der Waals surface area contributed by atoms with Crippen LogP contribution in [0.2, 0.25) is 0 Å². The van der Waals surface area contributed by atoms with Crippen LogP contribution < -0.4 is 14.2 Å². The van der Waals surface area contributed by atoms with Crippen molar-refractivity contribution >= 4 is 11.8 Å². The number of fused-ring (bicyclic) bond motifs is 2. The van der Waals surface area contributed by atoms with Gasteiger partial charge in [0.2, 0.25) is 12.5 Å². The molecule has 1 aromatic rings. The standard InChI is InChI=1S/C18H23NO6/c1-4-23-15(21)9-12(20)8-13-16-11(5-6-19(13)2)7-14-17(18(16)22-3)25-10-24-14/h7,13H,4-6,8-10H2,1-3H3/t13-/m0/s1. The van der Waals surface area contributed by atoms with Crippen LogP contribution in [0.15, 0.2) is 6.07 Å². The molecule has 2 aliphatic heterocycles. The molecule has 2 aliphatic rings. The maximum Gasteiger partial charge on any atom is 0.313 e. The second-order valence-corrected chi connectivity index (χ2v) is 6.19. The molecule has 0 bridgehead atoms. The smallest absolute Gasteiger partial charge is 0.313 e. The minimum absolute atomic E-state index is 0.150. The highest BCUT2D eigenvalue weighted by Crippen LogP contribution is 2.50. The quantitative estimate of drug-likeness (QED) is 0.573. The third-order valence-corrected chi connectivity index (χ3v) is 4.61. The lowest BCUT2D eigenvalue weighted by molar-refractivity contribution is -0.145. The first-order chi connectivity index (χ1) is 12.0. The summed E-state index contributed by atoms with van der Waals surface area (Å²) in [4.78, 5) is 26.0. The van der Waals surface area contributed by atoms with E-state index in [1.54, 1.807) is 14.0 Å². The fourth-order valence-corrected chi connectivity index (χ4v) is 3.44. The van der Waals surface area contributed by atoms with Gasteiger partial charge >= 0.3 is 5.97 Å². The van der Waals surface area contributed by atoms with Gasteiger partial charge in [0.15, 0.2) is 11.5 Å². The highest BCUT2D eigenvalue weighted by molar-refractivity contribution is 5.96. The molecule has 0 saturated heterocycles. The van der Waals surface area contributed by atoms with Crippen LogP contribution in [0.5, 0.6) is 17.2 Å². The molecule has 1 atom stereocenters. The fraction of sp³-hybridized carbons (Fsp3) is 0.556. The van der Waals surface area contributed by atoms with Crippen LogP contribution in [0.25, 0.3) is 0 Å². The molecule has 1 aromatic carbocycles. The van der Waals surface area contributed by atoms with Crippen molar-refractivity contribution in [3.05, 3.63) is 17.2 Å². The number of carbonyl (C=O) groups excluding carboxylic acids is 2. The average Bonchev–Trinajstić information content (AvgIpc) is 3.03. The average molecular weight is 349 g/mol. The first kappa shape index (κ1) is 17.5. The van der Waals surface area contributed by atoms with Crippen LogP contribution in [-0.2, 0) is 20.7 Å². The molecule has 0 aromatic heterocycles. The van der Waals surface area contributed by atoms with Crippen molar-refractivity contribution in [1.29, 1.82) is 0 Å². The maximum atomic E-state index is 12.4. The summed E-state index contributed by atoms with van der Waals surface area (Å²) in [6.07, 6.45) is 0.847. The van der Waals surface area contributed by atoms with E-state index in [1.165, 1.54) is 0 Å². The van der Waals surface area contributed by atoms with Crippen molar-refractivity contribution in [3.8, 4) is 17.2 Å². The van der Waals surface area contributed by atoms with Gasteiger partial charge < -0.3 is 18.9 Å². The largest absolute Gasteiger partial charge is 0.492 e. The van der Waals surface area contributed by atoms with Crippen LogP contribution in [-0.4, -0.2) is 50.8 Å². The van der Waals surface area contributed by atoms with Crippen molar-refractivity contribution in [3.63, 3.8) is 0 Å². The van der Waals surface area contributed by atoms with Gasteiger partial charge in [-0.3, -0.25) is 14.5 Å². The molecule has 2 heterocycles. The summed E-state index contributed by atoms with van der Waals surface area (Å²) in [7, 11) is 3.55. The molecular formula is C18H23NO6. The van der Waals surface area contributed by atoms with Crippen LogP contribution >= 0.6 is 0 Å². The van der Waals surface area contributed by atoms with Gasteiger partial charge in [0.1, 0.15) is 12.2 Å². The van der Waals surface area contributed by atoms with Gasteiger partial charge in [-0.25, -0.2) is 0 Å². The van der Waals surface area contributed by atoms with E-state index < -0.39 is 5.97 Å². The number of ketones is 1. The number of hydrogen-bond acceptors (Lipinski definition) is 7. The molecular weight excluding hydrogens is 326 g/mol. The molecule has 0 radical (unpaired) electrons. The monoisotopic (exact) mass is 349 g/mol. The summed E-state index contributed by atoms with van der Waals surface area (Å²) in [5, 5.41) is 0. The van der Waals surface area contributed by atoms with Crippen molar-refractivity contribution in [2.75, 3.05) is 34.1 Å². The molecule has 0 spiro atoms. The molecule has 0 N–H and O–H groups in total. The summed E-state index contributed by atoms with van der Waals surface area (Å²) >= 11 is 0. The van der Waals surface area contributed by atoms with E-state index >= 15 is 0 Å². The molecule has 7 nitrogen and oxygen atoms in total. The zero-order valence-corrected chi connectivity index (χ0v) is 14.8. The van der Waals surface area contributed by atoms with Crippen LogP contribution in [0.3, 0.4) is 0 Å². The number of nitrogens with zero attached hydrogens (tertiary/aromatic N) is 1. The Kier molecular flexibility index (Phi) is 5.13. The van der Waals surface area contributed by atoms with Crippen molar-refractivity contribution in [2.45, 2.75) is 32.2 Å². The zero-order chi connectivity index (χ0) is 18.0. The number of benzene rings is 1. The zero-order valence-electron chi connectivity index (χ0n) is 14.8. The number of carbonyl (C=O) groups is 2. The number of rotatable bonds is 6. The highest BCUT2D eigenvalue weighted by Gasteiger charge is 2.35. The minimum Gasteiger partial charge on any atom is -0.492 e. The minimum atomic E-state index is -0.483. The SMILES string of the molecule is CCOC(=O)CC(=O)C[C@H]1c2c(cc3c(c2OC)OCO3)CCN1C. The topological polar surface area (TPSA) is 74.3 Å². The van der Waals surface area contributed by atoms with Gasteiger partial charge in [-0.1, -0.05) is 0 Å². The summed E-state index contributed by atoms with van der Waals surface area (Å²) < 4.78 is 21.5. The van der Waals surface area contributed by atoms with Crippen molar-refractivity contribution < 1.29 is 28.5 Å². The molecule has 0 saturated carbocycles. The number of hydrogen-bond donors (Lipinski definition) is 0. The van der Waals surface area contributed by atoms with Crippen molar-refractivity contribution in [1.82, 2.24) is 4.90 Å². The maximum absolute atomic E-state index is 12.4. The Bertz CT molecular complexity index is 687. The van der Waals surface area contributed by atoms with Crippen LogP contribution in [0.1, 0.15) is 36.9 Å². The fourth-order valence-electron chi connectivity index (χ4n) is 3.44. The number of esters is 1. The lowest BCUT2D eigenvalue weighted by Crippen LogP contribution is -2.34. The lowest BCUT2D eigenvalue weighted by Gasteiger charge is -2.35. The van der Waals surface area contributed by atoms with E-state index in [1.807, 2.05) is 13.1 Å². The molecule has 0 aliphatic carbocycles. The predicted molar refractivity (Wildman–Crippen MR) is 89.1 cm³/mol. The number of Topliss-reactive ketones (excluding diaryl/α,β-unsaturated/α-hetero) is 1. The first-order valence-corrected chi connectivity index (χ1v) is 8.42. The van der Waals surface area contributed by atoms with E-state index in [4.69, 9.17) is 18.9 Å². The van der Waals surface area contributed by atoms with Crippen LogP contribution in [0, 0.1) is 0 Å². The van der Waals surface area contributed by atoms with Gasteiger partial charge in [-0.15, -0.1) is 0 Å². The van der Waals surface area contributed by atoms with E-state index in [-0.39, 0.29) is 38.1 Å². The lowest BCUT2D eigenvalue weighted by atomic mass is 9.88. The Labute approximate surface area is 146 Å². The van der Waals surface area contributed by atoms with Gasteiger partial charge in [0.25, 0.3) is 0 Å². The van der Waals surface area contributed by atoms with Gasteiger partial charge in [0, 0.05) is 24.6 Å². The predicted octanol–water partition coefficient (Wildman–Crippen LogP) is 1.87. The van der Waals surface area contributed by atoms with Crippen molar-refractivity contribution in [2.24, 2.45) is 0 Å². The molecule has 0 fully saturated rings. The van der Waals surface area contributed by atoms with Gasteiger partial charge in [0.05, 0.1) is 13.7 Å².